The molecule has 0 bridgehead atoms. The zero-order valence-corrected chi connectivity index (χ0v) is 12.9. The molecule has 0 radical (unpaired) electrons. The van der Waals surface area contributed by atoms with Gasteiger partial charge in [0.2, 0.25) is 11.8 Å². The summed E-state index contributed by atoms with van der Waals surface area (Å²) < 4.78 is 0. The lowest BCUT2D eigenvalue weighted by Crippen LogP contribution is -2.52. The second-order valence-electron chi connectivity index (χ2n) is 5.22. The molecule has 0 unspecified atom stereocenters. The molecule has 8 nitrogen and oxygen atoms in total. The van der Waals surface area contributed by atoms with Crippen LogP contribution >= 0.6 is 0 Å². The number of carbonyl (C=O) groups is 3. The second kappa shape index (κ2) is 6.42. The van der Waals surface area contributed by atoms with Crippen LogP contribution in [0.3, 0.4) is 0 Å². The molecule has 1 saturated heterocycles. The minimum Gasteiger partial charge on any atom is -0.361 e. The van der Waals surface area contributed by atoms with E-state index in [0.717, 1.165) is 0 Å². The van der Waals surface area contributed by atoms with E-state index in [1.165, 1.54) is 9.80 Å². The average molecular weight is 305 g/mol. The van der Waals surface area contributed by atoms with E-state index >= 15 is 0 Å². The molecule has 1 aliphatic rings. The molecule has 1 aliphatic heterocycles. The number of nitrogens with zero attached hydrogens (tertiary/aromatic N) is 4. The van der Waals surface area contributed by atoms with Crippen molar-refractivity contribution in [3.63, 3.8) is 0 Å². The Kier molecular flexibility index (Phi) is 4.59. The molecule has 0 aromatic carbocycles. The summed E-state index contributed by atoms with van der Waals surface area (Å²) in [5.41, 5.74) is 0.658. The van der Waals surface area contributed by atoms with E-state index in [9.17, 15) is 14.4 Å². The van der Waals surface area contributed by atoms with Crippen LogP contribution in [-0.2, 0) is 9.59 Å². The predicted molar refractivity (Wildman–Crippen MR) is 81.7 cm³/mol. The lowest BCUT2D eigenvalue weighted by Gasteiger charge is -2.29. The lowest BCUT2D eigenvalue weighted by molar-refractivity contribution is -0.123. The number of aromatic nitrogens is 1. The van der Waals surface area contributed by atoms with E-state index in [1.807, 2.05) is 19.0 Å². The standard InChI is InChI=1S/C14H19N5O3/c1-17(2)13-10(5-4-7-15-13)18(3)12(21)9-19-8-6-11(20)16-14(19)22/h4-5,7H,6,8-9H2,1-3H3,(H,16,20,22). The number of nitrogens with one attached hydrogen (secondary N) is 1. The Bertz CT molecular complexity index is 602. The monoisotopic (exact) mass is 305 g/mol. The summed E-state index contributed by atoms with van der Waals surface area (Å²) in [4.78, 5) is 44.0. The first-order valence-corrected chi connectivity index (χ1v) is 6.88. The van der Waals surface area contributed by atoms with Gasteiger partial charge in [-0.3, -0.25) is 14.9 Å². The molecule has 8 heteroatoms. The fourth-order valence-corrected chi connectivity index (χ4v) is 2.15. The SMILES string of the molecule is CN(C)c1ncccc1N(C)C(=O)CN1CCC(=O)NC1=O. The van der Waals surface area contributed by atoms with Gasteiger partial charge >= 0.3 is 6.03 Å². The first kappa shape index (κ1) is 15.7. The highest BCUT2D eigenvalue weighted by Crippen LogP contribution is 2.24. The van der Waals surface area contributed by atoms with Gasteiger partial charge in [-0.25, -0.2) is 9.78 Å². The molecule has 118 valence electrons. The van der Waals surface area contributed by atoms with Gasteiger partial charge in [0.25, 0.3) is 0 Å². The summed E-state index contributed by atoms with van der Waals surface area (Å²) >= 11 is 0. The van der Waals surface area contributed by atoms with Crippen LogP contribution in [0.1, 0.15) is 6.42 Å². The van der Waals surface area contributed by atoms with E-state index in [1.54, 1.807) is 25.4 Å². The van der Waals surface area contributed by atoms with Gasteiger partial charge in [-0.15, -0.1) is 0 Å². The molecule has 0 saturated carbocycles. The molecule has 2 heterocycles. The van der Waals surface area contributed by atoms with Crippen molar-refractivity contribution in [2.24, 2.45) is 0 Å². The molecule has 0 spiro atoms. The maximum atomic E-state index is 12.4. The maximum absolute atomic E-state index is 12.4. The van der Waals surface area contributed by atoms with Crippen LogP contribution in [0, 0.1) is 0 Å². The molecule has 1 aromatic rings. The van der Waals surface area contributed by atoms with E-state index < -0.39 is 6.03 Å². The topological polar surface area (TPSA) is 85.8 Å². The predicted octanol–water partition coefficient (Wildman–Crippen LogP) is 0.0523. The van der Waals surface area contributed by atoms with Crippen LogP contribution < -0.4 is 15.1 Å². The van der Waals surface area contributed by atoms with Gasteiger partial charge in [0.15, 0.2) is 5.82 Å². The van der Waals surface area contributed by atoms with Crippen molar-refractivity contribution < 1.29 is 14.4 Å². The Morgan fingerprint density at radius 1 is 1.36 bits per heavy atom. The van der Waals surface area contributed by atoms with Crippen molar-refractivity contribution in [2.75, 3.05) is 44.0 Å². The van der Waals surface area contributed by atoms with Gasteiger partial charge in [0.05, 0.1) is 5.69 Å². The summed E-state index contributed by atoms with van der Waals surface area (Å²) in [6.45, 7) is 0.162. The first-order chi connectivity index (χ1) is 10.4. The van der Waals surface area contributed by atoms with Gasteiger partial charge in [-0.1, -0.05) is 0 Å². The van der Waals surface area contributed by atoms with Gasteiger partial charge < -0.3 is 14.7 Å². The minimum absolute atomic E-state index is 0.0859. The Morgan fingerprint density at radius 2 is 2.09 bits per heavy atom. The zero-order valence-electron chi connectivity index (χ0n) is 12.9. The molecule has 4 amide bonds. The molecule has 0 atom stereocenters. The van der Waals surface area contributed by atoms with Crippen molar-refractivity contribution in [1.29, 1.82) is 0 Å². The van der Waals surface area contributed by atoms with E-state index in [-0.39, 0.29) is 31.3 Å². The van der Waals surface area contributed by atoms with Crippen LogP contribution in [0.25, 0.3) is 0 Å². The van der Waals surface area contributed by atoms with Crippen molar-refractivity contribution >= 4 is 29.4 Å². The summed E-state index contributed by atoms with van der Waals surface area (Å²) in [5.74, 6) is 0.0985. The number of hydrogen-bond acceptors (Lipinski definition) is 5. The number of likely N-dealkylation sites (N-methyl/N-ethyl adjacent to an activating group) is 1. The number of amides is 4. The van der Waals surface area contributed by atoms with Crippen molar-refractivity contribution in [3.05, 3.63) is 18.3 Å². The van der Waals surface area contributed by atoms with Gasteiger partial charge in [-0.2, -0.15) is 0 Å². The summed E-state index contributed by atoms with van der Waals surface area (Å²) in [5, 5.41) is 2.20. The number of imide groups is 1. The Balaban J connectivity index is 2.10. The number of urea groups is 1. The van der Waals surface area contributed by atoms with Crippen LogP contribution in [-0.4, -0.2) is 62.0 Å². The molecule has 1 N–H and O–H groups in total. The molecule has 0 aliphatic carbocycles. The van der Waals surface area contributed by atoms with Gasteiger partial charge in [0, 0.05) is 40.3 Å². The van der Waals surface area contributed by atoms with Crippen LogP contribution in [0.5, 0.6) is 0 Å². The zero-order chi connectivity index (χ0) is 16.3. The van der Waals surface area contributed by atoms with Crippen LogP contribution in [0.15, 0.2) is 18.3 Å². The summed E-state index contributed by atoms with van der Waals surface area (Å²) in [7, 11) is 5.32. The van der Waals surface area contributed by atoms with Crippen molar-refractivity contribution in [2.45, 2.75) is 6.42 Å². The van der Waals surface area contributed by atoms with Crippen molar-refractivity contribution in [3.8, 4) is 0 Å². The fourth-order valence-electron chi connectivity index (χ4n) is 2.15. The Labute approximate surface area is 128 Å². The number of hydrogen-bond donors (Lipinski definition) is 1. The highest BCUT2D eigenvalue weighted by Gasteiger charge is 2.26. The maximum Gasteiger partial charge on any atom is 0.324 e. The lowest BCUT2D eigenvalue weighted by atomic mass is 10.3. The minimum atomic E-state index is -0.531. The molecule has 22 heavy (non-hydrogen) atoms. The Hall–Kier alpha value is -2.64. The first-order valence-electron chi connectivity index (χ1n) is 6.88. The highest BCUT2D eigenvalue weighted by molar-refractivity contribution is 6.01. The van der Waals surface area contributed by atoms with Crippen LogP contribution in [0.4, 0.5) is 16.3 Å². The van der Waals surface area contributed by atoms with Gasteiger partial charge in [0.1, 0.15) is 6.54 Å². The quantitative estimate of drug-likeness (QED) is 0.849. The molecule has 2 rings (SSSR count). The number of carbonyl (C=O) groups excluding carboxylic acids is 3. The molecular formula is C14H19N5O3. The fraction of sp³-hybridized carbons (Fsp3) is 0.429. The summed E-state index contributed by atoms with van der Waals surface area (Å²) in [6.07, 6.45) is 1.86. The molecule has 1 fully saturated rings. The third kappa shape index (κ3) is 3.33. The second-order valence-corrected chi connectivity index (χ2v) is 5.22. The third-order valence-corrected chi connectivity index (χ3v) is 3.39. The van der Waals surface area contributed by atoms with E-state index in [0.29, 0.717) is 11.5 Å². The molecule has 1 aromatic heterocycles. The smallest absolute Gasteiger partial charge is 0.324 e. The van der Waals surface area contributed by atoms with E-state index in [2.05, 4.69) is 10.3 Å². The van der Waals surface area contributed by atoms with Crippen LogP contribution in [0.2, 0.25) is 0 Å². The number of rotatable bonds is 4. The normalized spacial score (nSPS) is 14.6. The van der Waals surface area contributed by atoms with Gasteiger partial charge in [-0.05, 0) is 12.1 Å². The summed E-state index contributed by atoms with van der Waals surface area (Å²) in [6, 6.07) is 3.01. The van der Waals surface area contributed by atoms with Crippen molar-refractivity contribution in [1.82, 2.24) is 15.2 Å². The highest BCUT2D eigenvalue weighted by atomic mass is 16.2. The number of pyridine rings is 1. The largest absolute Gasteiger partial charge is 0.361 e. The Morgan fingerprint density at radius 3 is 2.73 bits per heavy atom. The number of anilines is 2. The van der Waals surface area contributed by atoms with E-state index in [4.69, 9.17) is 0 Å². The average Bonchev–Trinajstić information content (AvgIpc) is 2.49. The third-order valence-electron chi connectivity index (χ3n) is 3.39. The molecular weight excluding hydrogens is 286 g/mol.